The van der Waals surface area contributed by atoms with Gasteiger partial charge in [-0.3, -0.25) is 19.2 Å². The number of aliphatic carboxylic acids is 1. The molecule has 0 spiro atoms. The standard InChI is InChI=1S/C21H30O7/c1-11(2)17(23)13(5)21(14(6)22,18(24)12(3)4)28-20(27)16-10-8-7-9-15(16)19(25)26/h13-16,22H,1,3,7-10H2,2,4-6H3,(H,25,26). The molecular formula is C21H30O7. The monoisotopic (exact) mass is 394 g/mol. The third-order valence-electron chi connectivity index (χ3n) is 5.48. The number of allylic oxidation sites excluding steroid dienone is 1. The summed E-state index contributed by atoms with van der Waals surface area (Å²) in [5.74, 6) is -6.42. The predicted molar refractivity (Wildman–Crippen MR) is 102 cm³/mol. The summed E-state index contributed by atoms with van der Waals surface area (Å²) in [6.45, 7) is 12.6. The number of aliphatic hydroxyl groups is 1. The van der Waals surface area contributed by atoms with Gasteiger partial charge >= 0.3 is 11.9 Å². The molecule has 0 aromatic rings. The van der Waals surface area contributed by atoms with Gasteiger partial charge in [0.15, 0.2) is 5.78 Å². The van der Waals surface area contributed by atoms with Crippen LogP contribution in [0.1, 0.15) is 53.4 Å². The molecule has 1 rings (SSSR count). The van der Waals surface area contributed by atoms with Gasteiger partial charge in [-0.25, -0.2) is 0 Å². The van der Waals surface area contributed by atoms with Crippen molar-refractivity contribution in [3.63, 3.8) is 0 Å². The Kier molecular flexibility index (Phi) is 7.87. The van der Waals surface area contributed by atoms with Gasteiger partial charge in [0.05, 0.1) is 23.9 Å². The van der Waals surface area contributed by atoms with Crippen LogP contribution in [0.2, 0.25) is 0 Å². The van der Waals surface area contributed by atoms with Crippen LogP contribution in [0.15, 0.2) is 24.3 Å². The van der Waals surface area contributed by atoms with Crippen LogP contribution in [-0.4, -0.2) is 45.4 Å². The van der Waals surface area contributed by atoms with E-state index < -0.39 is 53.0 Å². The van der Waals surface area contributed by atoms with Gasteiger partial charge in [-0.1, -0.05) is 32.9 Å². The highest BCUT2D eigenvalue weighted by molar-refractivity contribution is 6.08. The largest absolute Gasteiger partial charge is 0.481 e. The average Bonchev–Trinajstić information content (AvgIpc) is 2.63. The average molecular weight is 394 g/mol. The van der Waals surface area contributed by atoms with Crippen LogP contribution in [0.3, 0.4) is 0 Å². The van der Waals surface area contributed by atoms with Crippen molar-refractivity contribution in [1.29, 1.82) is 0 Å². The molecule has 1 aliphatic rings. The van der Waals surface area contributed by atoms with Gasteiger partial charge in [0.25, 0.3) is 0 Å². The summed E-state index contributed by atoms with van der Waals surface area (Å²) in [6.07, 6.45) is 0.435. The fourth-order valence-electron chi connectivity index (χ4n) is 3.82. The number of carboxylic acid groups (broad SMARTS) is 1. The lowest BCUT2D eigenvalue weighted by Gasteiger charge is -2.40. The van der Waals surface area contributed by atoms with Crippen LogP contribution in [0, 0.1) is 17.8 Å². The van der Waals surface area contributed by atoms with E-state index in [-0.39, 0.29) is 11.1 Å². The molecule has 0 amide bonds. The highest BCUT2D eigenvalue weighted by Gasteiger charge is 2.55. The number of carbonyl (C=O) groups excluding carboxylic acids is 3. The van der Waals surface area contributed by atoms with E-state index in [1.165, 1.54) is 27.7 Å². The molecule has 5 atom stereocenters. The quantitative estimate of drug-likeness (QED) is 0.455. The maximum atomic E-state index is 13.0. The molecule has 1 saturated carbocycles. The minimum absolute atomic E-state index is 0.00786. The van der Waals surface area contributed by atoms with E-state index in [1.54, 1.807) is 0 Å². The van der Waals surface area contributed by atoms with E-state index in [4.69, 9.17) is 4.74 Å². The van der Waals surface area contributed by atoms with E-state index in [1.807, 2.05) is 0 Å². The lowest BCUT2D eigenvalue weighted by atomic mass is 9.74. The fraction of sp³-hybridized carbons (Fsp3) is 0.619. The number of Topliss-reactive ketones (excluding diaryl/α,β-unsaturated/α-hetero) is 2. The van der Waals surface area contributed by atoms with Crippen molar-refractivity contribution in [2.24, 2.45) is 17.8 Å². The molecule has 5 unspecified atom stereocenters. The molecular weight excluding hydrogens is 364 g/mol. The Labute approximate surface area is 165 Å². The molecule has 7 heteroatoms. The Morgan fingerprint density at radius 2 is 1.50 bits per heavy atom. The summed E-state index contributed by atoms with van der Waals surface area (Å²) in [4.78, 5) is 50.0. The molecule has 156 valence electrons. The van der Waals surface area contributed by atoms with Crippen molar-refractivity contribution in [2.45, 2.75) is 65.1 Å². The first-order valence-electron chi connectivity index (χ1n) is 9.41. The Morgan fingerprint density at radius 1 is 1.00 bits per heavy atom. The van der Waals surface area contributed by atoms with Gasteiger partial charge in [0.2, 0.25) is 11.4 Å². The van der Waals surface area contributed by atoms with E-state index >= 15 is 0 Å². The first kappa shape index (κ1) is 23.8. The third-order valence-corrected chi connectivity index (χ3v) is 5.48. The highest BCUT2D eigenvalue weighted by atomic mass is 16.6. The van der Waals surface area contributed by atoms with Gasteiger partial charge in [0.1, 0.15) is 0 Å². The van der Waals surface area contributed by atoms with Crippen LogP contribution in [-0.2, 0) is 23.9 Å². The molecule has 0 radical (unpaired) electrons. The number of aliphatic hydroxyl groups excluding tert-OH is 1. The van der Waals surface area contributed by atoms with Crippen molar-refractivity contribution in [1.82, 2.24) is 0 Å². The Hall–Kier alpha value is -2.28. The summed E-state index contributed by atoms with van der Waals surface area (Å²) in [6, 6.07) is 0. The van der Waals surface area contributed by atoms with Gasteiger partial charge < -0.3 is 14.9 Å². The SMILES string of the molecule is C=C(C)C(=O)C(C)C(OC(=O)C1CCCCC1C(=O)O)(C(=O)C(=C)C)C(C)O. The molecule has 0 aliphatic heterocycles. The third kappa shape index (κ3) is 4.58. The molecule has 28 heavy (non-hydrogen) atoms. The number of carboxylic acids is 1. The smallest absolute Gasteiger partial charge is 0.310 e. The van der Waals surface area contributed by atoms with Crippen molar-refractivity contribution in [3.05, 3.63) is 24.3 Å². The Balaban J connectivity index is 3.42. The van der Waals surface area contributed by atoms with Crippen molar-refractivity contribution < 1.29 is 34.1 Å². The van der Waals surface area contributed by atoms with E-state index in [9.17, 15) is 29.4 Å². The first-order valence-corrected chi connectivity index (χ1v) is 9.41. The normalized spacial score (nSPS) is 23.6. The number of ether oxygens (including phenoxy) is 1. The van der Waals surface area contributed by atoms with E-state index in [0.29, 0.717) is 25.7 Å². The van der Waals surface area contributed by atoms with Crippen LogP contribution < -0.4 is 0 Å². The Morgan fingerprint density at radius 3 is 1.89 bits per heavy atom. The summed E-state index contributed by atoms with van der Waals surface area (Å²) in [5.41, 5.74) is -2.04. The van der Waals surface area contributed by atoms with Crippen LogP contribution in [0.5, 0.6) is 0 Å². The number of rotatable bonds is 9. The summed E-state index contributed by atoms with van der Waals surface area (Å²) in [5, 5.41) is 19.9. The minimum Gasteiger partial charge on any atom is -0.481 e. The summed E-state index contributed by atoms with van der Waals surface area (Å²) in [7, 11) is 0. The fourth-order valence-corrected chi connectivity index (χ4v) is 3.82. The second-order valence-electron chi connectivity index (χ2n) is 7.70. The lowest BCUT2D eigenvalue weighted by molar-refractivity contribution is -0.193. The molecule has 0 aromatic carbocycles. The minimum atomic E-state index is -2.19. The van der Waals surface area contributed by atoms with Crippen molar-refractivity contribution in [3.8, 4) is 0 Å². The second-order valence-corrected chi connectivity index (χ2v) is 7.70. The van der Waals surface area contributed by atoms with E-state index in [0.717, 1.165) is 0 Å². The van der Waals surface area contributed by atoms with Gasteiger partial charge in [-0.05, 0) is 44.8 Å². The molecule has 0 bridgehead atoms. The number of hydrogen-bond acceptors (Lipinski definition) is 6. The van der Waals surface area contributed by atoms with Crippen molar-refractivity contribution in [2.75, 3.05) is 0 Å². The summed E-state index contributed by atoms with van der Waals surface area (Å²) >= 11 is 0. The van der Waals surface area contributed by atoms with Gasteiger partial charge in [-0.2, -0.15) is 0 Å². The number of carbonyl (C=O) groups is 4. The van der Waals surface area contributed by atoms with E-state index in [2.05, 4.69) is 13.2 Å². The first-order chi connectivity index (χ1) is 12.9. The zero-order valence-corrected chi connectivity index (χ0v) is 17.0. The second kappa shape index (κ2) is 9.28. The maximum absolute atomic E-state index is 13.0. The zero-order valence-electron chi connectivity index (χ0n) is 17.0. The molecule has 1 fully saturated rings. The zero-order chi connectivity index (χ0) is 21.8. The number of esters is 1. The van der Waals surface area contributed by atoms with Crippen LogP contribution in [0.4, 0.5) is 0 Å². The molecule has 1 aliphatic carbocycles. The molecule has 0 aromatic heterocycles. The lowest BCUT2D eigenvalue weighted by Crippen LogP contribution is -2.59. The number of ketones is 2. The van der Waals surface area contributed by atoms with Crippen LogP contribution >= 0.6 is 0 Å². The number of hydrogen-bond donors (Lipinski definition) is 2. The van der Waals surface area contributed by atoms with Gasteiger partial charge in [0, 0.05) is 0 Å². The highest BCUT2D eigenvalue weighted by Crippen LogP contribution is 2.37. The van der Waals surface area contributed by atoms with Crippen LogP contribution in [0.25, 0.3) is 0 Å². The molecule has 7 nitrogen and oxygen atoms in total. The Bertz CT molecular complexity index is 691. The summed E-state index contributed by atoms with van der Waals surface area (Å²) < 4.78 is 5.55. The molecule has 0 heterocycles. The predicted octanol–water partition coefficient (Wildman–Crippen LogP) is 2.47. The van der Waals surface area contributed by atoms with Gasteiger partial charge in [-0.15, -0.1) is 0 Å². The van der Waals surface area contributed by atoms with Crippen molar-refractivity contribution >= 4 is 23.5 Å². The molecule has 0 saturated heterocycles. The maximum Gasteiger partial charge on any atom is 0.310 e. The molecule has 2 N–H and O–H groups in total. The topological polar surface area (TPSA) is 118 Å².